The summed E-state index contributed by atoms with van der Waals surface area (Å²) >= 11 is 1.57. The Hall–Kier alpha value is -2.60. The lowest BCUT2D eigenvalue weighted by Gasteiger charge is -2.28. The third kappa shape index (κ3) is 5.69. The fourth-order valence-corrected chi connectivity index (χ4v) is 3.78. The quantitative estimate of drug-likeness (QED) is 0.744. The average molecular weight is 384 g/mol. The molecule has 0 atom stereocenters. The number of benzene rings is 1. The number of rotatable bonds is 6. The Bertz CT molecular complexity index is 791. The molecule has 2 amide bonds. The predicted octanol–water partition coefficient (Wildman–Crippen LogP) is 3.90. The lowest BCUT2D eigenvalue weighted by molar-refractivity contribution is -0.121. The molecular formula is C21H25N3O2S. The Balaban J connectivity index is 1.46. The van der Waals surface area contributed by atoms with Crippen molar-refractivity contribution in [3.05, 3.63) is 52.2 Å². The van der Waals surface area contributed by atoms with E-state index in [9.17, 15) is 9.59 Å². The number of carbonyl (C=O) groups is 2. The third-order valence-corrected chi connectivity index (χ3v) is 5.36. The van der Waals surface area contributed by atoms with Gasteiger partial charge in [-0.1, -0.05) is 6.07 Å². The molecule has 142 valence electrons. The van der Waals surface area contributed by atoms with E-state index in [4.69, 9.17) is 0 Å². The van der Waals surface area contributed by atoms with Crippen molar-refractivity contribution in [3.63, 3.8) is 0 Å². The van der Waals surface area contributed by atoms with Crippen LogP contribution in [0.15, 0.2) is 47.4 Å². The van der Waals surface area contributed by atoms with Crippen LogP contribution < -0.4 is 15.5 Å². The van der Waals surface area contributed by atoms with E-state index in [1.165, 1.54) is 24.9 Å². The molecule has 0 saturated carbocycles. The van der Waals surface area contributed by atoms with Gasteiger partial charge in [0.25, 0.3) is 0 Å². The molecule has 0 unspecified atom stereocenters. The standard InChI is InChI=1S/C21H25N3O2S/c1-16(14-19-6-5-13-27-19)21(26)22-15-20(25)23-17-7-9-18(10-8-17)24-11-3-2-4-12-24/h5-10,13-14H,2-4,11-12,15H2,1H3,(H,22,26)(H,23,25)/b16-14+. The molecular weight excluding hydrogens is 358 g/mol. The highest BCUT2D eigenvalue weighted by Gasteiger charge is 2.11. The maximum Gasteiger partial charge on any atom is 0.247 e. The molecule has 6 heteroatoms. The Morgan fingerprint density at radius 1 is 1.11 bits per heavy atom. The molecule has 0 radical (unpaired) electrons. The minimum absolute atomic E-state index is 0.0532. The zero-order valence-electron chi connectivity index (χ0n) is 15.5. The van der Waals surface area contributed by atoms with Gasteiger partial charge >= 0.3 is 0 Å². The first-order valence-corrected chi connectivity index (χ1v) is 10.1. The molecule has 27 heavy (non-hydrogen) atoms. The van der Waals surface area contributed by atoms with Crippen molar-refractivity contribution in [3.8, 4) is 0 Å². The van der Waals surface area contributed by atoms with Crippen molar-refractivity contribution in [1.82, 2.24) is 5.32 Å². The van der Waals surface area contributed by atoms with Crippen molar-refractivity contribution < 1.29 is 9.59 Å². The van der Waals surface area contributed by atoms with Crippen molar-refractivity contribution in [2.45, 2.75) is 26.2 Å². The average Bonchev–Trinajstić information content (AvgIpc) is 3.20. The molecule has 2 aromatic rings. The molecule has 1 aliphatic heterocycles. The van der Waals surface area contributed by atoms with Crippen LogP contribution in [0, 0.1) is 0 Å². The Labute approximate surface area is 164 Å². The van der Waals surface area contributed by atoms with E-state index in [2.05, 4.69) is 15.5 Å². The lowest BCUT2D eigenvalue weighted by atomic mass is 10.1. The van der Waals surface area contributed by atoms with E-state index >= 15 is 0 Å². The fourth-order valence-electron chi connectivity index (χ4n) is 3.07. The summed E-state index contributed by atoms with van der Waals surface area (Å²) in [6.45, 7) is 3.88. The topological polar surface area (TPSA) is 61.4 Å². The van der Waals surface area contributed by atoms with Crippen LogP contribution in [0.3, 0.4) is 0 Å². The minimum atomic E-state index is -0.238. The first-order valence-electron chi connectivity index (χ1n) is 9.27. The van der Waals surface area contributed by atoms with E-state index < -0.39 is 0 Å². The first kappa shape index (κ1) is 19.2. The summed E-state index contributed by atoms with van der Waals surface area (Å²) in [5.41, 5.74) is 2.51. The van der Waals surface area contributed by atoms with Crippen LogP contribution >= 0.6 is 11.3 Å². The molecule has 0 bridgehead atoms. The molecule has 1 saturated heterocycles. The van der Waals surface area contributed by atoms with Gasteiger partial charge in [0, 0.05) is 34.9 Å². The van der Waals surface area contributed by atoms with Gasteiger partial charge in [-0.05, 0) is 68.0 Å². The summed E-state index contributed by atoms with van der Waals surface area (Å²) < 4.78 is 0. The molecule has 0 spiro atoms. The summed E-state index contributed by atoms with van der Waals surface area (Å²) in [5.74, 6) is -0.475. The zero-order chi connectivity index (χ0) is 19.1. The molecule has 2 N–H and O–H groups in total. The van der Waals surface area contributed by atoms with Crippen LogP contribution in [0.4, 0.5) is 11.4 Å². The number of anilines is 2. The van der Waals surface area contributed by atoms with Gasteiger partial charge in [0.2, 0.25) is 11.8 Å². The second-order valence-electron chi connectivity index (χ2n) is 6.67. The van der Waals surface area contributed by atoms with E-state index in [0.29, 0.717) is 5.57 Å². The van der Waals surface area contributed by atoms with Crippen LogP contribution in [-0.2, 0) is 9.59 Å². The van der Waals surface area contributed by atoms with Gasteiger partial charge in [0.15, 0.2) is 0 Å². The molecule has 0 aliphatic carbocycles. The second kappa shape index (κ2) is 9.37. The van der Waals surface area contributed by atoms with Gasteiger partial charge in [-0.15, -0.1) is 11.3 Å². The molecule has 1 aromatic carbocycles. The number of nitrogens with zero attached hydrogens (tertiary/aromatic N) is 1. The van der Waals surface area contributed by atoms with E-state index in [0.717, 1.165) is 23.7 Å². The van der Waals surface area contributed by atoms with Crippen LogP contribution in [0.5, 0.6) is 0 Å². The summed E-state index contributed by atoms with van der Waals surface area (Å²) in [6, 6.07) is 11.8. The number of carbonyl (C=O) groups excluding carboxylic acids is 2. The van der Waals surface area contributed by atoms with Gasteiger partial charge < -0.3 is 15.5 Å². The highest BCUT2D eigenvalue weighted by molar-refractivity contribution is 7.10. The van der Waals surface area contributed by atoms with Crippen LogP contribution in [-0.4, -0.2) is 31.4 Å². The molecule has 1 aliphatic rings. The fraction of sp³-hybridized carbons (Fsp3) is 0.333. The van der Waals surface area contributed by atoms with Gasteiger partial charge in [0.05, 0.1) is 6.54 Å². The Morgan fingerprint density at radius 3 is 2.52 bits per heavy atom. The summed E-state index contributed by atoms with van der Waals surface area (Å²) in [4.78, 5) is 27.6. The lowest BCUT2D eigenvalue weighted by Crippen LogP contribution is -2.33. The SMILES string of the molecule is C/C(=C\c1cccs1)C(=O)NCC(=O)Nc1ccc(N2CCCCC2)cc1. The molecule has 2 heterocycles. The number of amides is 2. The van der Waals surface area contributed by atoms with Crippen LogP contribution in [0.25, 0.3) is 6.08 Å². The molecule has 3 rings (SSSR count). The highest BCUT2D eigenvalue weighted by Crippen LogP contribution is 2.21. The third-order valence-electron chi connectivity index (χ3n) is 4.54. The maximum atomic E-state index is 12.1. The number of hydrogen-bond acceptors (Lipinski definition) is 4. The minimum Gasteiger partial charge on any atom is -0.372 e. The monoisotopic (exact) mass is 383 g/mol. The van der Waals surface area contributed by atoms with Crippen molar-refractivity contribution in [1.29, 1.82) is 0 Å². The number of thiophene rings is 1. The van der Waals surface area contributed by atoms with Gasteiger partial charge in [-0.25, -0.2) is 0 Å². The highest BCUT2D eigenvalue weighted by atomic mass is 32.1. The smallest absolute Gasteiger partial charge is 0.247 e. The maximum absolute atomic E-state index is 12.1. The van der Waals surface area contributed by atoms with Gasteiger partial charge in [-0.2, -0.15) is 0 Å². The van der Waals surface area contributed by atoms with Crippen molar-refractivity contribution in [2.75, 3.05) is 29.9 Å². The largest absolute Gasteiger partial charge is 0.372 e. The van der Waals surface area contributed by atoms with E-state index in [1.807, 2.05) is 47.9 Å². The summed E-state index contributed by atoms with van der Waals surface area (Å²) in [7, 11) is 0. The van der Waals surface area contributed by atoms with E-state index in [-0.39, 0.29) is 18.4 Å². The van der Waals surface area contributed by atoms with Gasteiger partial charge in [0.1, 0.15) is 0 Å². The summed E-state index contributed by atoms with van der Waals surface area (Å²) in [6.07, 6.45) is 5.59. The second-order valence-corrected chi connectivity index (χ2v) is 7.65. The Kier molecular flexibility index (Phi) is 6.65. The van der Waals surface area contributed by atoms with Crippen LogP contribution in [0.1, 0.15) is 31.1 Å². The summed E-state index contributed by atoms with van der Waals surface area (Å²) in [5, 5.41) is 7.44. The van der Waals surface area contributed by atoms with Crippen molar-refractivity contribution >= 4 is 40.6 Å². The Morgan fingerprint density at radius 2 is 1.85 bits per heavy atom. The zero-order valence-corrected chi connectivity index (χ0v) is 16.3. The van der Waals surface area contributed by atoms with E-state index in [1.54, 1.807) is 18.3 Å². The molecule has 1 fully saturated rings. The number of nitrogens with one attached hydrogen (secondary N) is 2. The van der Waals surface area contributed by atoms with Crippen molar-refractivity contribution in [2.24, 2.45) is 0 Å². The van der Waals surface area contributed by atoms with Gasteiger partial charge in [-0.3, -0.25) is 9.59 Å². The molecule has 1 aromatic heterocycles. The number of piperidine rings is 1. The predicted molar refractivity (Wildman–Crippen MR) is 112 cm³/mol. The van der Waals surface area contributed by atoms with Crippen LogP contribution in [0.2, 0.25) is 0 Å². The normalized spacial score (nSPS) is 14.7. The number of hydrogen-bond donors (Lipinski definition) is 2. The molecule has 5 nitrogen and oxygen atoms in total. The first-order chi connectivity index (χ1) is 13.1.